The van der Waals surface area contributed by atoms with Crippen molar-refractivity contribution < 1.29 is 0 Å². The summed E-state index contributed by atoms with van der Waals surface area (Å²) in [5.41, 5.74) is 3.40. The summed E-state index contributed by atoms with van der Waals surface area (Å²) in [6.45, 7) is 12.8. The van der Waals surface area contributed by atoms with Crippen molar-refractivity contribution in [2.45, 2.75) is 46.6 Å². The van der Waals surface area contributed by atoms with Crippen LogP contribution in [-0.2, 0) is 13.0 Å². The van der Waals surface area contributed by atoms with Gasteiger partial charge in [0.1, 0.15) is 0 Å². The molecule has 0 bridgehead atoms. The molecular weight excluding hydrogens is 244 g/mol. The number of benzene rings is 1. The topological polar surface area (TPSA) is 15.3 Å². The van der Waals surface area contributed by atoms with Gasteiger partial charge in [0.15, 0.2) is 0 Å². The molecular formula is C18H30N2. The summed E-state index contributed by atoms with van der Waals surface area (Å²) >= 11 is 0. The van der Waals surface area contributed by atoms with Crippen molar-refractivity contribution in [3.63, 3.8) is 0 Å². The third kappa shape index (κ3) is 4.92. The highest BCUT2D eigenvalue weighted by Gasteiger charge is 2.28. The minimum Gasteiger partial charge on any atom is -0.316 e. The van der Waals surface area contributed by atoms with E-state index in [2.05, 4.69) is 55.3 Å². The molecule has 0 saturated carbocycles. The molecule has 1 aromatic rings. The highest BCUT2D eigenvalue weighted by Crippen LogP contribution is 2.29. The molecule has 112 valence electrons. The van der Waals surface area contributed by atoms with Crippen LogP contribution in [0.25, 0.3) is 0 Å². The molecule has 2 heteroatoms. The third-order valence-corrected chi connectivity index (χ3v) is 4.20. The molecule has 1 aliphatic heterocycles. The summed E-state index contributed by atoms with van der Waals surface area (Å²) in [5, 5.41) is 3.46. The Morgan fingerprint density at radius 1 is 1.10 bits per heavy atom. The van der Waals surface area contributed by atoms with Gasteiger partial charge in [-0.05, 0) is 55.4 Å². The smallest absolute Gasteiger partial charge is 0.0233 e. The van der Waals surface area contributed by atoms with E-state index in [-0.39, 0.29) is 0 Å². The largest absolute Gasteiger partial charge is 0.316 e. The highest BCUT2D eigenvalue weighted by molar-refractivity contribution is 5.23. The number of hydrogen-bond donors (Lipinski definition) is 1. The van der Waals surface area contributed by atoms with Gasteiger partial charge < -0.3 is 5.32 Å². The molecule has 1 saturated heterocycles. The number of hydrogen-bond acceptors (Lipinski definition) is 2. The van der Waals surface area contributed by atoms with Crippen LogP contribution in [0.2, 0.25) is 0 Å². The third-order valence-electron chi connectivity index (χ3n) is 4.20. The Kier molecular flexibility index (Phi) is 5.62. The molecule has 0 unspecified atom stereocenters. The van der Waals surface area contributed by atoms with Gasteiger partial charge in [0.2, 0.25) is 0 Å². The second kappa shape index (κ2) is 7.24. The predicted octanol–water partition coefficient (Wildman–Crippen LogP) is 3.46. The highest BCUT2D eigenvalue weighted by atomic mass is 15.1. The maximum atomic E-state index is 3.46. The predicted molar refractivity (Wildman–Crippen MR) is 87.0 cm³/mol. The van der Waals surface area contributed by atoms with Crippen LogP contribution >= 0.6 is 0 Å². The Bertz CT molecular complexity index is 394. The fourth-order valence-corrected chi connectivity index (χ4v) is 2.96. The fourth-order valence-electron chi connectivity index (χ4n) is 2.96. The first-order valence-corrected chi connectivity index (χ1v) is 8.10. The van der Waals surface area contributed by atoms with Crippen LogP contribution in [0.1, 0.15) is 44.7 Å². The average molecular weight is 274 g/mol. The lowest BCUT2D eigenvalue weighted by Crippen LogP contribution is -2.22. The molecule has 20 heavy (non-hydrogen) atoms. The molecule has 0 radical (unpaired) electrons. The summed E-state index contributed by atoms with van der Waals surface area (Å²) in [4.78, 5) is 2.58. The van der Waals surface area contributed by atoms with E-state index < -0.39 is 0 Å². The van der Waals surface area contributed by atoms with Crippen molar-refractivity contribution >= 4 is 0 Å². The maximum Gasteiger partial charge on any atom is 0.0233 e. The minimum atomic E-state index is 0.505. The van der Waals surface area contributed by atoms with E-state index in [9.17, 15) is 0 Å². The van der Waals surface area contributed by atoms with Gasteiger partial charge in [0.05, 0.1) is 0 Å². The van der Waals surface area contributed by atoms with Gasteiger partial charge in [0, 0.05) is 13.1 Å². The van der Waals surface area contributed by atoms with E-state index in [1.54, 1.807) is 0 Å². The first-order valence-electron chi connectivity index (χ1n) is 8.10. The molecule has 1 fully saturated rings. The summed E-state index contributed by atoms with van der Waals surface area (Å²) in [7, 11) is 0. The van der Waals surface area contributed by atoms with E-state index in [0.717, 1.165) is 26.1 Å². The second-order valence-corrected chi connectivity index (χ2v) is 6.94. The first-order chi connectivity index (χ1) is 9.59. The zero-order valence-corrected chi connectivity index (χ0v) is 13.4. The lowest BCUT2D eigenvalue weighted by atomic mass is 9.93. The van der Waals surface area contributed by atoms with E-state index in [1.165, 1.54) is 37.1 Å². The van der Waals surface area contributed by atoms with Crippen molar-refractivity contribution in [1.82, 2.24) is 10.2 Å². The van der Waals surface area contributed by atoms with E-state index in [1.807, 2.05) is 0 Å². The van der Waals surface area contributed by atoms with Gasteiger partial charge in [-0.25, -0.2) is 0 Å². The Morgan fingerprint density at radius 3 is 2.40 bits per heavy atom. The van der Waals surface area contributed by atoms with Gasteiger partial charge in [-0.2, -0.15) is 0 Å². The summed E-state index contributed by atoms with van der Waals surface area (Å²) in [6, 6.07) is 9.20. The maximum absolute atomic E-state index is 3.46. The zero-order valence-electron chi connectivity index (χ0n) is 13.4. The molecule has 0 spiro atoms. The molecule has 1 N–H and O–H groups in total. The summed E-state index contributed by atoms with van der Waals surface area (Å²) < 4.78 is 0. The minimum absolute atomic E-state index is 0.505. The van der Waals surface area contributed by atoms with Gasteiger partial charge in [0.25, 0.3) is 0 Å². The quantitative estimate of drug-likeness (QED) is 0.766. The lowest BCUT2D eigenvalue weighted by molar-refractivity contribution is 0.284. The molecule has 1 heterocycles. The number of likely N-dealkylation sites (tertiary alicyclic amines) is 1. The van der Waals surface area contributed by atoms with Crippen molar-refractivity contribution in [3.8, 4) is 0 Å². The van der Waals surface area contributed by atoms with E-state index in [0.29, 0.717) is 5.41 Å². The van der Waals surface area contributed by atoms with Crippen LogP contribution in [0.3, 0.4) is 0 Å². The van der Waals surface area contributed by atoms with Crippen molar-refractivity contribution in [2.75, 3.05) is 26.2 Å². The van der Waals surface area contributed by atoms with E-state index >= 15 is 0 Å². The molecule has 0 aliphatic carbocycles. The Labute approximate surface area is 124 Å². The van der Waals surface area contributed by atoms with Crippen LogP contribution in [0.5, 0.6) is 0 Å². The molecule has 0 atom stereocenters. The normalized spacial score (nSPS) is 18.6. The van der Waals surface area contributed by atoms with Crippen LogP contribution in [0.15, 0.2) is 24.3 Å². The van der Waals surface area contributed by atoms with Gasteiger partial charge >= 0.3 is 0 Å². The average Bonchev–Trinajstić information content (AvgIpc) is 2.76. The SMILES string of the molecule is CCCNCCc1ccc(CN2CCC(C)(C)C2)cc1. The fraction of sp³-hybridized carbons (Fsp3) is 0.667. The molecule has 2 rings (SSSR count). The van der Waals surface area contributed by atoms with Crippen LogP contribution in [-0.4, -0.2) is 31.1 Å². The molecule has 1 aromatic carbocycles. The van der Waals surface area contributed by atoms with Crippen LogP contribution in [0.4, 0.5) is 0 Å². The monoisotopic (exact) mass is 274 g/mol. The summed E-state index contributed by atoms with van der Waals surface area (Å²) in [6.07, 6.45) is 3.68. The molecule has 2 nitrogen and oxygen atoms in total. The standard InChI is InChI=1S/C18H30N2/c1-4-11-19-12-9-16-5-7-17(8-6-16)14-20-13-10-18(2,3)15-20/h5-8,19H,4,9-15H2,1-3H3. The lowest BCUT2D eigenvalue weighted by Gasteiger charge is -2.19. The Morgan fingerprint density at radius 2 is 1.80 bits per heavy atom. The molecule has 0 amide bonds. The van der Waals surface area contributed by atoms with Crippen molar-refractivity contribution in [1.29, 1.82) is 0 Å². The number of nitrogens with one attached hydrogen (secondary N) is 1. The number of rotatable bonds is 7. The summed E-state index contributed by atoms with van der Waals surface area (Å²) in [5.74, 6) is 0. The van der Waals surface area contributed by atoms with Gasteiger partial charge in [-0.1, -0.05) is 45.0 Å². The number of nitrogens with zero attached hydrogens (tertiary/aromatic N) is 1. The van der Waals surface area contributed by atoms with Crippen molar-refractivity contribution in [2.24, 2.45) is 5.41 Å². The van der Waals surface area contributed by atoms with Crippen LogP contribution < -0.4 is 5.32 Å². The van der Waals surface area contributed by atoms with Crippen molar-refractivity contribution in [3.05, 3.63) is 35.4 Å². The van der Waals surface area contributed by atoms with E-state index in [4.69, 9.17) is 0 Å². The van der Waals surface area contributed by atoms with Gasteiger partial charge in [-0.15, -0.1) is 0 Å². The Hall–Kier alpha value is -0.860. The first kappa shape index (κ1) is 15.5. The van der Waals surface area contributed by atoms with Crippen LogP contribution in [0, 0.1) is 5.41 Å². The van der Waals surface area contributed by atoms with Gasteiger partial charge in [-0.3, -0.25) is 4.90 Å². The Balaban J connectivity index is 1.77. The zero-order chi connectivity index (χ0) is 14.4. The molecule has 0 aromatic heterocycles. The molecule has 1 aliphatic rings. The second-order valence-electron chi connectivity index (χ2n) is 6.94.